The number of nitrogens with zero attached hydrogens (tertiary/aromatic N) is 3. The summed E-state index contributed by atoms with van der Waals surface area (Å²) in [5, 5.41) is 5.06. The molecule has 7 heteroatoms. The lowest BCUT2D eigenvalue weighted by atomic mass is 10.1. The molecule has 20 heavy (non-hydrogen) atoms. The average Bonchev–Trinajstić information content (AvgIpc) is 2.37. The topological polar surface area (TPSA) is 89.2 Å². The van der Waals surface area contributed by atoms with Crippen molar-refractivity contribution < 1.29 is 8.42 Å². The number of nitrogens with two attached hydrogens (primary N) is 1. The predicted molar refractivity (Wildman–Crippen MR) is 75.7 cm³/mol. The Bertz CT molecular complexity index is 707. The molecule has 0 saturated carbocycles. The van der Waals surface area contributed by atoms with E-state index in [1.807, 2.05) is 0 Å². The SMILES string of the molecule is NS(=O)(=O)c1ccc(-c2cnc(N3CCC3)nc2)cc1. The Morgan fingerprint density at radius 1 is 1.00 bits per heavy atom. The molecule has 104 valence electrons. The van der Waals surface area contributed by atoms with Gasteiger partial charge < -0.3 is 4.90 Å². The highest BCUT2D eigenvalue weighted by molar-refractivity contribution is 7.89. The summed E-state index contributed by atoms with van der Waals surface area (Å²) in [4.78, 5) is 10.8. The molecule has 0 radical (unpaired) electrons. The van der Waals surface area contributed by atoms with E-state index in [4.69, 9.17) is 5.14 Å². The van der Waals surface area contributed by atoms with Gasteiger partial charge in [0.15, 0.2) is 0 Å². The Morgan fingerprint density at radius 2 is 1.60 bits per heavy atom. The molecule has 0 bridgehead atoms. The Hall–Kier alpha value is -1.99. The van der Waals surface area contributed by atoms with Crippen LogP contribution < -0.4 is 10.0 Å². The maximum Gasteiger partial charge on any atom is 0.238 e. The normalized spacial score (nSPS) is 14.9. The summed E-state index contributed by atoms with van der Waals surface area (Å²) in [6.07, 6.45) is 4.67. The summed E-state index contributed by atoms with van der Waals surface area (Å²) in [6.45, 7) is 2.00. The Morgan fingerprint density at radius 3 is 2.05 bits per heavy atom. The van der Waals surface area contributed by atoms with Gasteiger partial charge in [-0.3, -0.25) is 0 Å². The van der Waals surface area contributed by atoms with E-state index in [1.165, 1.54) is 18.6 Å². The molecule has 1 saturated heterocycles. The van der Waals surface area contributed by atoms with E-state index in [0.29, 0.717) is 0 Å². The highest BCUT2D eigenvalue weighted by Gasteiger charge is 2.16. The third kappa shape index (κ3) is 2.50. The summed E-state index contributed by atoms with van der Waals surface area (Å²) in [7, 11) is -3.65. The number of aromatic nitrogens is 2. The van der Waals surface area contributed by atoms with Crippen molar-refractivity contribution in [2.24, 2.45) is 5.14 Å². The van der Waals surface area contributed by atoms with Gasteiger partial charge in [-0.1, -0.05) is 12.1 Å². The first-order valence-electron chi connectivity index (χ1n) is 6.24. The number of anilines is 1. The van der Waals surface area contributed by atoms with Crippen molar-refractivity contribution in [3.63, 3.8) is 0 Å². The van der Waals surface area contributed by atoms with Crippen molar-refractivity contribution >= 4 is 16.0 Å². The Kier molecular flexibility index (Phi) is 3.15. The van der Waals surface area contributed by atoms with Gasteiger partial charge in [0.05, 0.1) is 4.90 Å². The van der Waals surface area contributed by atoms with Gasteiger partial charge in [0.25, 0.3) is 0 Å². The second kappa shape index (κ2) is 4.84. The van der Waals surface area contributed by atoms with E-state index in [9.17, 15) is 8.42 Å². The van der Waals surface area contributed by atoms with Crippen molar-refractivity contribution in [3.05, 3.63) is 36.7 Å². The first-order valence-corrected chi connectivity index (χ1v) is 7.79. The van der Waals surface area contributed by atoms with Crippen LogP contribution in [0.25, 0.3) is 11.1 Å². The van der Waals surface area contributed by atoms with Crippen LogP contribution in [0, 0.1) is 0 Å². The van der Waals surface area contributed by atoms with Crippen molar-refractivity contribution in [3.8, 4) is 11.1 Å². The van der Waals surface area contributed by atoms with E-state index < -0.39 is 10.0 Å². The monoisotopic (exact) mass is 290 g/mol. The molecule has 1 aliphatic rings. The van der Waals surface area contributed by atoms with Gasteiger partial charge in [0.2, 0.25) is 16.0 Å². The molecule has 2 N–H and O–H groups in total. The van der Waals surface area contributed by atoms with Crippen LogP contribution >= 0.6 is 0 Å². The number of sulfonamides is 1. The largest absolute Gasteiger partial charge is 0.341 e. The number of rotatable bonds is 3. The molecular weight excluding hydrogens is 276 g/mol. The van der Waals surface area contributed by atoms with Gasteiger partial charge >= 0.3 is 0 Å². The zero-order chi connectivity index (χ0) is 14.2. The van der Waals surface area contributed by atoms with Gasteiger partial charge in [-0.2, -0.15) is 0 Å². The molecule has 1 aromatic carbocycles. The van der Waals surface area contributed by atoms with Crippen molar-refractivity contribution in [2.45, 2.75) is 11.3 Å². The molecule has 6 nitrogen and oxygen atoms in total. The predicted octanol–water partition coefficient (Wildman–Crippen LogP) is 1.00. The number of benzene rings is 1. The maximum absolute atomic E-state index is 11.2. The van der Waals surface area contributed by atoms with E-state index in [-0.39, 0.29) is 4.90 Å². The van der Waals surface area contributed by atoms with Crippen LogP contribution in [-0.2, 0) is 10.0 Å². The van der Waals surface area contributed by atoms with Gasteiger partial charge in [-0.15, -0.1) is 0 Å². The van der Waals surface area contributed by atoms with E-state index in [0.717, 1.165) is 30.2 Å². The molecule has 0 atom stereocenters. The molecule has 1 fully saturated rings. The number of hydrogen-bond donors (Lipinski definition) is 1. The maximum atomic E-state index is 11.2. The quantitative estimate of drug-likeness (QED) is 0.911. The van der Waals surface area contributed by atoms with E-state index in [2.05, 4.69) is 14.9 Å². The van der Waals surface area contributed by atoms with E-state index in [1.54, 1.807) is 24.5 Å². The molecule has 1 aromatic heterocycles. The van der Waals surface area contributed by atoms with E-state index >= 15 is 0 Å². The molecule has 2 heterocycles. The van der Waals surface area contributed by atoms with Crippen molar-refractivity contribution in [2.75, 3.05) is 18.0 Å². The minimum Gasteiger partial charge on any atom is -0.341 e. The minimum atomic E-state index is -3.65. The van der Waals surface area contributed by atoms with Gasteiger partial charge in [0, 0.05) is 31.0 Å². The van der Waals surface area contributed by atoms with Crippen LogP contribution in [-0.4, -0.2) is 31.5 Å². The fourth-order valence-corrected chi connectivity index (χ4v) is 2.50. The average molecular weight is 290 g/mol. The van der Waals surface area contributed by atoms with Crippen LogP contribution in [0.4, 0.5) is 5.95 Å². The van der Waals surface area contributed by atoms with Gasteiger partial charge in [0.1, 0.15) is 0 Å². The molecule has 0 amide bonds. The smallest absolute Gasteiger partial charge is 0.238 e. The lowest BCUT2D eigenvalue weighted by Gasteiger charge is -2.30. The molecule has 0 spiro atoms. The minimum absolute atomic E-state index is 0.0966. The van der Waals surface area contributed by atoms with Crippen LogP contribution in [0.5, 0.6) is 0 Å². The fraction of sp³-hybridized carbons (Fsp3) is 0.231. The molecular formula is C13H14N4O2S. The van der Waals surface area contributed by atoms with Gasteiger partial charge in [-0.25, -0.2) is 23.5 Å². The zero-order valence-electron chi connectivity index (χ0n) is 10.7. The second-order valence-corrected chi connectivity index (χ2v) is 6.24. The van der Waals surface area contributed by atoms with Crippen LogP contribution in [0.1, 0.15) is 6.42 Å². The third-order valence-electron chi connectivity index (χ3n) is 3.29. The summed E-state index contributed by atoms with van der Waals surface area (Å²) in [6, 6.07) is 6.35. The van der Waals surface area contributed by atoms with Gasteiger partial charge in [-0.05, 0) is 24.1 Å². The van der Waals surface area contributed by atoms with Crippen LogP contribution in [0.15, 0.2) is 41.6 Å². The molecule has 1 aliphatic heterocycles. The van der Waals surface area contributed by atoms with Crippen LogP contribution in [0.3, 0.4) is 0 Å². The summed E-state index contributed by atoms with van der Waals surface area (Å²) >= 11 is 0. The lowest BCUT2D eigenvalue weighted by Crippen LogP contribution is -2.38. The first-order chi connectivity index (χ1) is 9.54. The molecule has 0 unspecified atom stereocenters. The molecule has 2 aromatic rings. The third-order valence-corrected chi connectivity index (χ3v) is 4.22. The highest BCUT2D eigenvalue weighted by Crippen LogP contribution is 2.22. The van der Waals surface area contributed by atoms with Crippen molar-refractivity contribution in [1.82, 2.24) is 9.97 Å². The summed E-state index contributed by atoms with van der Waals surface area (Å²) in [5.41, 5.74) is 1.70. The Labute approximate surface area is 117 Å². The van der Waals surface area contributed by atoms with Crippen molar-refractivity contribution in [1.29, 1.82) is 0 Å². The van der Waals surface area contributed by atoms with Crippen LogP contribution in [0.2, 0.25) is 0 Å². The molecule has 3 rings (SSSR count). The number of hydrogen-bond acceptors (Lipinski definition) is 5. The standard InChI is InChI=1S/C13H14N4O2S/c14-20(18,19)12-4-2-10(3-5-12)11-8-15-13(16-9-11)17-6-1-7-17/h2-5,8-9H,1,6-7H2,(H2,14,18,19). The Balaban J connectivity index is 1.85. The first kappa shape index (κ1) is 13.0. The number of primary sulfonamides is 1. The summed E-state index contributed by atoms with van der Waals surface area (Å²) in [5.74, 6) is 0.737. The second-order valence-electron chi connectivity index (χ2n) is 4.68. The molecule has 0 aliphatic carbocycles. The lowest BCUT2D eigenvalue weighted by molar-refractivity contribution is 0.598. The fourth-order valence-electron chi connectivity index (χ4n) is 1.99. The highest BCUT2D eigenvalue weighted by atomic mass is 32.2. The zero-order valence-corrected chi connectivity index (χ0v) is 11.5. The summed E-state index contributed by atoms with van der Waals surface area (Å²) < 4.78 is 22.4.